The third-order valence-electron chi connectivity index (χ3n) is 6.61. The smallest absolute Gasteiger partial charge is 0.310 e. The van der Waals surface area contributed by atoms with E-state index in [4.69, 9.17) is 9.47 Å². The molecule has 3 nitrogen and oxygen atoms in total. The number of hydrogen-bond acceptors (Lipinski definition) is 3. The van der Waals surface area contributed by atoms with Gasteiger partial charge in [-0.2, -0.15) is 0 Å². The van der Waals surface area contributed by atoms with Crippen molar-refractivity contribution in [2.75, 3.05) is 0 Å². The lowest BCUT2D eigenvalue weighted by molar-refractivity contribution is -0.154. The van der Waals surface area contributed by atoms with Crippen LogP contribution in [0.1, 0.15) is 57.1 Å². The van der Waals surface area contributed by atoms with Crippen molar-refractivity contribution in [3.8, 4) is 5.75 Å². The zero-order valence-corrected chi connectivity index (χ0v) is 16.7. The van der Waals surface area contributed by atoms with E-state index in [9.17, 15) is 4.79 Å². The molecule has 2 aliphatic carbocycles. The summed E-state index contributed by atoms with van der Waals surface area (Å²) in [6, 6.07) is 6.29. The Morgan fingerprint density at radius 1 is 1.15 bits per heavy atom. The van der Waals surface area contributed by atoms with Gasteiger partial charge in [-0.05, 0) is 63.3 Å². The molecule has 0 N–H and O–H groups in total. The van der Waals surface area contributed by atoms with Gasteiger partial charge in [0, 0.05) is 24.2 Å². The highest BCUT2D eigenvalue weighted by Crippen LogP contribution is 2.56. The molecule has 1 aromatic carbocycles. The molecule has 1 heterocycles. The van der Waals surface area contributed by atoms with E-state index in [0.29, 0.717) is 0 Å². The minimum atomic E-state index is -0.420. The summed E-state index contributed by atoms with van der Waals surface area (Å²) < 4.78 is 12.1. The molecule has 3 aliphatic rings. The largest absolute Gasteiger partial charge is 0.488 e. The number of hydrogen-bond donors (Lipinski definition) is 0. The zero-order chi connectivity index (χ0) is 19.4. The van der Waals surface area contributed by atoms with E-state index in [1.165, 1.54) is 11.1 Å². The summed E-state index contributed by atoms with van der Waals surface area (Å²) in [6.45, 7) is 14.1. The highest BCUT2D eigenvalue weighted by molar-refractivity contribution is 5.78. The molecular formula is C24H30O3. The van der Waals surface area contributed by atoms with Crippen molar-refractivity contribution in [3.05, 3.63) is 54.6 Å². The SMILES string of the molecule is C=C[C@@H]1CC[C@@H](C=C)C12C[C@H](C1Cc3cc(OC(C)(C)C)ccc31)C(=O)O2. The van der Waals surface area contributed by atoms with Gasteiger partial charge in [-0.1, -0.05) is 18.2 Å². The number of esters is 1. The van der Waals surface area contributed by atoms with Crippen molar-refractivity contribution in [1.29, 1.82) is 0 Å². The fraction of sp³-hybridized carbons (Fsp3) is 0.542. The molecule has 1 spiro atoms. The number of rotatable bonds is 4. The normalized spacial score (nSPS) is 31.1. The average molecular weight is 367 g/mol. The summed E-state index contributed by atoms with van der Waals surface area (Å²) in [5, 5.41) is 0. The van der Waals surface area contributed by atoms with Crippen molar-refractivity contribution < 1.29 is 14.3 Å². The van der Waals surface area contributed by atoms with E-state index < -0.39 is 5.60 Å². The van der Waals surface area contributed by atoms with Crippen LogP contribution in [-0.2, 0) is 16.0 Å². The molecule has 1 aliphatic heterocycles. The van der Waals surface area contributed by atoms with Gasteiger partial charge in [-0.3, -0.25) is 4.79 Å². The minimum absolute atomic E-state index is 0.0405. The third-order valence-corrected chi connectivity index (χ3v) is 6.61. The summed E-state index contributed by atoms with van der Waals surface area (Å²) in [7, 11) is 0. The van der Waals surface area contributed by atoms with Crippen LogP contribution in [0.25, 0.3) is 0 Å². The number of carbonyl (C=O) groups excluding carboxylic acids is 1. The molecular weight excluding hydrogens is 336 g/mol. The van der Waals surface area contributed by atoms with E-state index >= 15 is 0 Å². The highest BCUT2D eigenvalue weighted by Gasteiger charge is 2.59. The molecule has 1 saturated heterocycles. The fourth-order valence-corrected chi connectivity index (χ4v) is 5.36. The second kappa shape index (κ2) is 6.25. The zero-order valence-electron chi connectivity index (χ0n) is 16.7. The summed E-state index contributed by atoms with van der Waals surface area (Å²) in [6.07, 6.45) is 7.70. The van der Waals surface area contributed by atoms with Crippen molar-refractivity contribution in [2.24, 2.45) is 17.8 Å². The Morgan fingerprint density at radius 2 is 1.81 bits per heavy atom. The van der Waals surface area contributed by atoms with Crippen LogP contribution in [0.15, 0.2) is 43.5 Å². The maximum atomic E-state index is 12.8. The van der Waals surface area contributed by atoms with Gasteiger partial charge in [0.2, 0.25) is 0 Å². The van der Waals surface area contributed by atoms with Gasteiger partial charge in [0.05, 0.1) is 5.92 Å². The molecule has 2 fully saturated rings. The first kappa shape index (κ1) is 18.3. The third kappa shape index (κ3) is 2.92. The van der Waals surface area contributed by atoms with Gasteiger partial charge in [0.25, 0.3) is 0 Å². The quantitative estimate of drug-likeness (QED) is 0.542. The number of carbonyl (C=O) groups is 1. The molecule has 0 amide bonds. The lowest BCUT2D eigenvalue weighted by Gasteiger charge is -2.35. The van der Waals surface area contributed by atoms with Crippen LogP contribution in [0.2, 0.25) is 0 Å². The van der Waals surface area contributed by atoms with Crippen molar-refractivity contribution >= 4 is 5.97 Å². The first-order valence-electron chi connectivity index (χ1n) is 10.1. The Kier molecular flexibility index (Phi) is 4.25. The summed E-state index contributed by atoms with van der Waals surface area (Å²) >= 11 is 0. The Morgan fingerprint density at radius 3 is 2.37 bits per heavy atom. The molecule has 4 rings (SSSR count). The van der Waals surface area contributed by atoms with E-state index in [0.717, 1.165) is 31.4 Å². The molecule has 3 heteroatoms. The van der Waals surface area contributed by atoms with Crippen molar-refractivity contribution in [2.45, 2.75) is 63.6 Å². The lowest BCUT2D eigenvalue weighted by atomic mass is 9.67. The number of fused-ring (bicyclic) bond motifs is 1. The van der Waals surface area contributed by atoms with Gasteiger partial charge < -0.3 is 9.47 Å². The Labute approximate surface area is 162 Å². The van der Waals surface area contributed by atoms with Gasteiger partial charge in [0.1, 0.15) is 17.0 Å². The topological polar surface area (TPSA) is 35.5 Å². The second-order valence-corrected chi connectivity index (χ2v) is 9.33. The van der Waals surface area contributed by atoms with E-state index in [2.05, 4.69) is 46.1 Å². The van der Waals surface area contributed by atoms with Crippen LogP contribution >= 0.6 is 0 Å². The molecule has 27 heavy (non-hydrogen) atoms. The maximum Gasteiger partial charge on any atom is 0.310 e. The van der Waals surface area contributed by atoms with Crippen LogP contribution in [-0.4, -0.2) is 17.2 Å². The van der Waals surface area contributed by atoms with Crippen LogP contribution in [0.3, 0.4) is 0 Å². The van der Waals surface area contributed by atoms with Crippen LogP contribution < -0.4 is 4.74 Å². The van der Waals surface area contributed by atoms with E-state index in [1.54, 1.807) is 0 Å². The van der Waals surface area contributed by atoms with E-state index in [-0.39, 0.29) is 35.2 Å². The number of ether oxygens (including phenoxy) is 2. The van der Waals surface area contributed by atoms with Gasteiger partial charge >= 0.3 is 5.97 Å². The van der Waals surface area contributed by atoms with Crippen LogP contribution in [0.5, 0.6) is 5.75 Å². The monoisotopic (exact) mass is 366 g/mol. The first-order valence-corrected chi connectivity index (χ1v) is 10.1. The predicted octanol–water partition coefficient (Wildman–Crippen LogP) is 5.20. The maximum absolute atomic E-state index is 12.8. The Balaban J connectivity index is 1.55. The Hall–Kier alpha value is -2.03. The standard InChI is InChI=1S/C24H30O3/c1-6-16-8-9-17(7-2)24(16)14-21(22(25)27-24)20-13-15-12-18(10-11-19(15)20)26-23(3,4)5/h6-7,10-12,16-17,20-21H,1-2,8-9,13-14H2,3-5H3/t16-,17-,20?,21-/m1/s1. The minimum Gasteiger partial charge on any atom is -0.488 e. The molecule has 144 valence electrons. The van der Waals surface area contributed by atoms with Gasteiger partial charge in [-0.15, -0.1) is 13.2 Å². The average Bonchev–Trinajstić information content (AvgIpc) is 3.08. The predicted molar refractivity (Wildman–Crippen MR) is 107 cm³/mol. The molecule has 1 unspecified atom stereocenters. The summed E-state index contributed by atoms with van der Waals surface area (Å²) in [5.41, 5.74) is 1.94. The molecule has 4 atom stereocenters. The van der Waals surface area contributed by atoms with Crippen LogP contribution in [0, 0.1) is 17.8 Å². The molecule has 1 saturated carbocycles. The van der Waals surface area contributed by atoms with Crippen LogP contribution in [0.4, 0.5) is 0 Å². The van der Waals surface area contributed by atoms with Gasteiger partial charge in [0.15, 0.2) is 0 Å². The molecule has 0 bridgehead atoms. The summed E-state index contributed by atoms with van der Waals surface area (Å²) in [5.74, 6) is 1.52. The lowest BCUT2D eigenvalue weighted by Crippen LogP contribution is -2.38. The van der Waals surface area contributed by atoms with Crippen molar-refractivity contribution in [3.63, 3.8) is 0 Å². The Bertz CT molecular complexity index is 769. The molecule has 0 aromatic heterocycles. The highest BCUT2D eigenvalue weighted by atomic mass is 16.6. The molecule has 0 radical (unpaired) electrons. The molecule has 1 aromatic rings. The van der Waals surface area contributed by atoms with Crippen molar-refractivity contribution in [1.82, 2.24) is 0 Å². The summed E-state index contributed by atoms with van der Waals surface area (Å²) in [4.78, 5) is 12.8. The number of benzene rings is 1. The van der Waals surface area contributed by atoms with E-state index in [1.807, 2.05) is 18.2 Å². The first-order chi connectivity index (χ1) is 12.8. The second-order valence-electron chi connectivity index (χ2n) is 9.33. The fourth-order valence-electron chi connectivity index (χ4n) is 5.36. The van der Waals surface area contributed by atoms with Gasteiger partial charge in [-0.25, -0.2) is 0 Å².